The third-order valence-corrected chi connectivity index (χ3v) is 1.43. The third kappa shape index (κ3) is 2.04. The number of nitrogens with one attached hydrogen (secondary N) is 1. The van der Waals surface area contributed by atoms with Gasteiger partial charge in [-0.1, -0.05) is 30.8 Å². The topological polar surface area (TPSA) is 23.9 Å². The van der Waals surface area contributed by atoms with Crippen LogP contribution in [0.3, 0.4) is 0 Å². The smallest absolute Gasteiger partial charge is 0.0289 e. The van der Waals surface area contributed by atoms with Crippen molar-refractivity contribution in [3.63, 3.8) is 0 Å². The maximum Gasteiger partial charge on any atom is 0.0289 e. The first-order valence-corrected chi connectivity index (χ1v) is 3.51. The summed E-state index contributed by atoms with van der Waals surface area (Å²) in [6, 6.07) is 7.79. The van der Waals surface area contributed by atoms with Crippen molar-refractivity contribution >= 4 is 18.4 Å². The maximum absolute atomic E-state index is 7.25. The van der Waals surface area contributed by atoms with E-state index in [1.807, 2.05) is 30.3 Å². The Hall–Kier alpha value is -1.37. The predicted molar refractivity (Wildman–Crippen MR) is 49.1 cm³/mol. The SMILES string of the molecule is C=c1cccc/c1=C/C(C)=N. The van der Waals surface area contributed by atoms with Gasteiger partial charge in [0.05, 0.1) is 0 Å². The van der Waals surface area contributed by atoms with Crippen LogP contribution in [-0.4, -0.2) is 5.71 Å². The van der Waals surface area contributed by atoms with Crippen LogP contribution < -0.4 is 10.4 Å². The van der Waals surface area contributed by atoms with Crippen molar-refractivity contribution < 1.29 is 0 Å². The molecule has 0 atom stereocenters. The summed E-state index contributed by atoms with van der Waals surface area (Å²) in [5, 5.41) is 9.24. The van der Waals surface area contributed by atoms with E-state index < -0.39 is 0 Å². The van der Waals surface area contributed by atoms with Crippen LogP contribution in [0.25, 0.3) is 12.7 Å². The van der Waals surface area contributed by atoms with Gasteiger partial charge in [0.2, 0.25) is 0 Å². The Balaban J connectivity index is 3.36. The third-order valence-electron chi connectivity index (χ3n) is 1.43. The van der Waals surface area contributed by atoms with Crippen LogP contribution in [-0.2, 0) is 0 Å². The summed E-state index contributed by atoms with van der Waals surface area (Å²) >= 11 is 0. The fraction of sp³-hybridized carbons (Fsp3) is 0.100. The molecule has 0 heterocycles. The largest absolute Gasteiger partial charge is 0.306 e. The van der Waals surface area contributed by atoms with Gasteiger partial charge in [-0.3, -0.25) is 0 Å². The molecule has 0 aliphatic carbocycles. The molecule has 0 amide bonds. The first kappa shape index (κ1) is 7.73. The second kappa shape index (κ2) is 3.15. The van der Waals surface area contributed by atoms with E-state index in [0.29, 0.717) is 5.71 Å². The van der Waals surface area contributed by atoms with Crippen molar-refractivity contribution in [3.8, 4) is 0 Å². The minimum Gasteiger partial charge on any atom is -0.306 e. The number of hydrogen-bond acceptors (Lipinski definition) is 1. The summed E-state index contributed by atoms with van der Waals surface area (Å²) in [6.07, 6.45) is 1.81. The van der Waals surface area contributed by atoms with Gasteiger partial charge in [0.1, 0.15) is 0 Å². The van der Waals surface area contributed by atoms with Gasteiger partial charge in [-0.05, 0) is 23.4 Å². The van der Waals surface area contributed by atoms with Crippen LogP contribution in [0.1, 0.15) is 6.92 Å². The van der Waals surface area contributed by atoms with Crippen LogP contribution in [0.2, 0.25) is 0 Å². The molecule has 0 aliphatic heterocycles. The summed E-state index contributed by atoms with van der Waals surface area (Å²) < 4.78 is 0. The van der Waals surface area contributed by atoms with Crippen molar-refractivity contribution in [1.82, 2.24) is 0 Å². The van der Waals surface area contributed by atoms with Gasteiger partial charge in [0, 0.05) is 5.71 Å². The lowest BCUT2D eigenvalue weighted by atomic mass is 10.2. The number of hydrogen-bond donors (Lipinski definition) is 1. The van der Waals surface area contributed by atoms with Crippen LogP contribution >= 0.6 is 0 Å². The van der Waals surface area contributed by atoms with E-state index in [9.17, 15) is 0 Å². The number of benzene rings is 1. The lowest BCUT2D eigenvalue weighted by Gasteiger charge is -1.86. The Morgan fingerprint density at radius 2 is 2.09 bits per heavy atom. The van der Waals surface area contributed by atoms with Gasteiger partial charge >= 0.3 is 0 Å². The van der Waals surface area contributed by atoms with Crippen LogP contribution in [0.4, 0.5) is 0 Å². The van der Waals surface area contributed by atoms with E-state index >= 15 is 0 Å². The molecule has 56 valence electrons. The van der Waals surface area contributed by atoms with Gasteiger partial charge in [-0.25, -0.2) is 0 Å². The van der Waals surface area contributed by atoms with Crippen molar-refractivity contribution in [3.05, 3.63) is 34.7 Å². The second-order valence-corrected chi connectivity index (χ2v) is 2.53. The molecule has 11 heavy (non-hydrogen) atoms. The zero-order valence-electron chi connectivity index (χ0n) is 6.59. The number of rotatable bonds is 1. The summed E-state index contributed by atoms with van der Waals surface area (Å²) in [5.74, 6) is 0. The Morgan fingerprint density at radius 3 is 2.64 bits per heavy atom. The predicted octanol–water partition coefficient (Wildman–Crippen LogP) is 0.917. The van der Waals surface area contributed by atoms with Gasteiger partial charge in [0.15, 0.2) is 0 Å². The molecule has 0 fully saturated rings. The lowest BCUT2D eigenvalue weighted by Crippen LogP contribution is -2.22. The minimum atomic E-state index is 0.557. The highest BCUT2D eigenvalue weighted by Gasteiger charge is 1.81. The standard InChI is InChI=1S/C10H11N/c1-8-5-3-4-6-10(8)7-9(2)11/h3-7,11H,1H2,2H3/b10-7-,11-9?. The molecule has 1 nitrogen and oxygen atoms in total. The molecule has 0 radical (unpaired) electrons. The van der Waals surface area contributed by atoms with Gasteiger partial charge in [-0.2, -0.15) is 0 Å². The van der Waals surface area contributed by atoms with Crippen molar-refractivity contribution in [1.29, 1.82) is 5.41 Å². The molecule has 1 rings (SSSR count). The molecule has 1 heteroatoms. The lowest BCUT2D eigenvalue weighted by molar-refractivity contribution is 1.49. The molecule has 1 aromatic rings. The average molecular weight is 145 g/mol. The second-order valence-electron chi connectivity index (χ2n) is 2.53. The van der Waals surface area contributed by atoms with Crippen LogP contribution in [0.15, 0.2) is 24.3 Å². The van der Waals surface area contributed by atoms with Crippen molar-refractivity contribution in [2.45, 2.75) is 6.92 Å². The first-order chi connectivity index (χ1) is 5.20. The molecule has 0 saturated heterocycles. The normalized spacial score (nSPS) is 11.5. The average Bonchev–Trinajstić information content (AvgIpc) is 1.93. The molecule has 0 aromatic heterocycles. The first-order valence-electron chi connectivity index (χ1n) is 3.51. The van der Waals surface area contributed by atoms with E-state index in [1.165, 1.54) is 0 Å². The molecular formula is C10H11N. The summed E-state index contributed by atoms with van der Waals surface area (Å²) in [5.41, 5.74) is 0.557. The highest BCUT2D eigenvalue weighted by molar-refractivity contribution is 6.06. The van der Waals surface area contributed by atoms with E-state index in [-0.39, 0.29) is 0 Å². The zero-order chi connectivity index (χ0) is 8.27. The van der Waals surface area contributed by atoms with Gasteiger partial charge < -0.3 is 5.41 Å². The Bertz CT molecular complexity index is 363. The fourth-order valence-corrected chi connectivity index (χ4v) is 0.908. The van der Waals surface area contributed by atoms with Crippen LogP contribution in [0, 0.1) is 5.41 Å². The summed E-state index contributed by atoms with van der Waals surface area (Å²) in [6.45, 7) is 5.60. The van der Waals surface area contributed by atoms with E-state index in [0.717, 1.165) is 10.4 Å². The van der Waals surface area contributed by atoms with E-state index in [2.05, 4.69) is 6.58 Å². The van der Waals surface area contributed by atoms with Gasteiger partial charge in [0.25, 0.3) is 0 Å². The van der Waals surface area contributed by atoms with Crippen molar-refractivity contribution in [2.75, 3.05) is 0 Å². The molecule has 1 aromatic carbocycles. The van der Waals surface area contributed by atoms with Crippen LogP contribution in [0.5, 0.6) is 0 Å². The van der Waals surface area contributed by atoms with E-state index in [1.54, 1.807) is 6.92 Å². The molecule has 1 N–H and O–H groups in total. The quantitative estimate of drug-likeness (QED) is 0.568. The maximum atomic E-state index is 7.25. The summed E-state index contributed by atoms with van der Waals surface area (Å²) in [4.78, 5) is 0. The molecular weight excluding hydrogens is 134 g/mol. The Kier molecular flexibility index (Phi) is 2.21. The molecule has 0 saturated carbocycles. The zero-order valence-corrected chi connectivity index (χ0v) is 6.59. The van der Waals surface area contributed by atoms with Gasteiger partial charge in [-0.15, -0.1) is 0 Å². The van der Waals surface area contributed by atoms with Crippen molar-refractivity contribution in [2.24, 2.45) is 0 Å². The molecule has 0 spiro atoms. The molecule has 0 unspecified atom stereocenters. The molecule has 0 aliphatic rings. The summed E-state index contributed by atoms with van der Waals surface area (Å²) in [7, 11) is 0. The fourth-order valence-electron chi connectivity index (χ4n) is 0.908. The monoisotopic (exact) mass is 145 g/mol. The highest BCUT2D eigenvalue weighted by Crippen LogP contribution is 1.72. The highest BCUT2D eigenvalue weighted by atomic mass is 14.4. The minimum absolute atomic E-state index is 0.557. The Labute approximate surface area is 66.2 Å². The molecule has 0 bridgehead atoms. The Morgan fingerprint density at radius 1 is 1.45 bits per heavy atom. The van der Waals surface area contributed by atoms with E-state index in [4.69, 9.17) is 5.41 Å².